The largest absolute Gasteiger partial charge is 0.474 e. The van der Waals surface area contributed by atoms with E-state index < -0.39 is 5.92 Å². The van der Waals surface area contributed by atoms with Crippen LogP contribution in [0.1, 0.15) is 49.0 Å². The van der Waals surface area contributed by atoms with Crippen LogP contribution in [0.25, 0.3) is 0 Å². The number of amides is 2. The number of carbonyl (C=O) groups excluding carboxylic acids is 2. The molecule has 2 heterocycles. The number of pyridine rings is 1. The van der Waals surface area contributed by atoms with Gasteiger partial charge in [0.2, 0.25) is 11.8 Å². The molecule has 2 N–H and O–H groups in total. The van der Waals surface area contributed by atoms with Gasteiger partial charge in [0.05, 0.1) is 17.6 Å². The second kappa shape index (κ2) is 7.56. The minimum atomic E-state index is -0.413. The van der Waals surface area contributed by atoms with Gasteiger partial charge in [-0.2, -0.15) is 0 Å². The van der Waals surface area contributed by atoms with Crippen LogP contribution >= 0.6 is 11.6 Å². The van der Waals surface area contributed by atoms with Gasteiger partial charge in [0, 0.05) is 17.9 Å². The van der Waals surface area contributed by atoms with Crippen molar-refractivity contribution in [2.24, 2.45) is 5.73 Å². The number of carbonyl (C=O) groups is 2. The first-order valence-corrected chi connectivity index (χ1v) is 9.21. The van der Waals surface area contributed by atoms with Gasteiger partial charge >= 0.3 is 0 Å². The smallest absolute Gasteiger partial charge is 0.260 e. The quantitative estimate of drug-likeness (QED) is 0.869. The molecule has 0 fully saturated rings. The van der Waals surface area contributed by atoms with Gasteiger partial charge < -0.3 is 15.4 Å². The first-order chi connectivity index (χ1) is 12.8. The third-order valence-corrected chi connectivity index (χ3v) is 4.82. The van der Waals surface area contributed by atoms with Crippen LogP contribution in [0.15, 0.2) is 36.5 Å². The van der Waals surface area contributed by atoms with Crippen LogP contribution in [-0.2, 0) is 4.79 Å². The fourth-order valence-electron chi connectivity index (χ4n) is 3.38. The average molecular weight is 388 g/mol. The fraction of sp³-hybridized carbons (Fsp3) is 0.350. The molecule has 3 rings (SSSR count). The van der Waals surface area contributed by atoms with E-state index in [4.69, 9.17) is 22.1 Å². The van der Waals surface area contributed by atoms with E-state index in [1.807, 2.05) is 45.0 Å². The Balaban J connectivity index is 1.98. The number of halogens is 1. The van der Waals surface area contributed by atoms with Gasteiger partial charge in [-0.25, -0.2) is 4.98 Å². The topological polar surface area (TPSA) is 85.5 Å². The molecule has 2 amide bonds. The van der Waals surface area contributed by atoms with Gasteiger partial charge in [-0.15, -0.1) is 0 Å². The third-order valence-electron chi connectivity index (χ3n) is 4.55. The van der Waals surface area contributed by atoms with Gasteiger partial charge in [-0.05, 0) is 44.9 Å². The summed E-state index contributed by atoms with van der Waals surface area (Å²) in [6.07, 6.45) is 1.85. The maximum Gasteiger partial charge on any atom is 0.260 e. The van der Waals surface area contributed by atoms with Crippen molar-refractivity contribution >= 4 is 29.1 Å². The molecule has 2 atom stereocenters. The van der Waals surface area contributed by atoms with Crippen LogP contribution < -0.4 is 15.4 Å². The summed E-state index contributed by atoms with van der Waals surface area (Å²) in [4.78, 5) is 30.9. The van der Waals surface area contributed by atoms with Crippen molar-refractivity contribution < 1.29 is 14.3 Å². The number of aromatic nitrogens is 1. The summed E-state index contributed by atoms with van der Waals surface area (Å²) in [5, 5.41) is 0.280. The molecular formula is C20H22ClN3O3. The summed E-state index contributed by atoms with van der Waals surface area (Å²) in [7, 11) is 0. The van der Waals surface area contributed by atoms with Crippen LogP contribution in [0, 0.1) is 0 Å². The zero-order valence-electron chi connectivity index (χ0n) is 15.5. The molecule has 1 aromatic heterocycles. The Morgan fingerprint density at radius 1 is 1.33 bits per heavy atom. The second-order valence-electron chi connectivity index (χ2n) is 6.95. The zero-order valence-corrected chi connectivity index (χ0v) is 16.2. The second-order valence-corrected chi connectivity index (χ2v) is 7.36. The molecular weight excluding hydrogens is 366 g/mol. The molecule has 142 valence electrons. The van der Waals surface area contributed by atoms with E-state index in [1.54, 1.807) is 11.0 Å². The molecule has 0 radical (unpaired) electrons. The summed E-state index contributed by atoms with van der Waals surface area (Å²) in [6, 6.07) is 8.69. The molecule has 2 aromatic rings. The van der Waals surface area contributed by atoms with Gasteiger partial charge in [-0.1, -0.05) is 29.8 Å². The lowest BCUT2D eigenvalue weighted by atomic mass is 9.85. The highest BCUT2D eigenvalue weighted by molar-refractivity contribution is 6.32. The molecule has 0 bridgehead atoms. The molecule has 1 aromatic carbocycles. The van der Waals surface area contributed by atoms with Crippen molar-refractivity contribution in [3.8, 4) is 5.88 Å². The van der Waals surface area contributed by atoms with Gasteiger partial charge in [-0.3, -0.25) is 9.59 Å². The minimum Gasteiger partial charge on any atom is -0.474 e. The monoisotopic (exact) mass is 387 g/mol. The molecule has 27 heavy (non-hydrogen) atoms. The van der Waals surface area contributed by atoms with Crippen molar-refractivity contribution in [3.63, 3.8) is 0 Å². The number of nitrogens with two attached hydrogens (primary N) is 1. The Bertz CT molecular complexity index is 885. The standard InChI is InChI=1S/C20H22ClN3O3/c1-11(2)27-19-16(21)9-13(10-23-19)20(26)24-12(3)8-15(18(22)25)14-6-4-5-7-17(14)24/h4-7,9-12,15H,8H2,1-3H3,(H2,22,25)/t12-,15-/m1/s1. The van der Waals surface area contributed by atoms with E-state index in [0.29, 0.717) is 23.6 Å². The third kappa shape index (κ3) is 3.76. The number of hydrogen-bond donors (Lipinski definition) is 1. The maximum absolute atomic E-state index is 13.2. The molecule has 7 heteroatoms. The zero-order chi connectivity index (χ0) is 19.7. The predicted octanol–water partition coefficient (Wildman–Crippen LogP) is 3.53. The highest BCUT2D eigenvalue weighted by Gasteiger charge is 2.36. The van der Waals surface area contributed by atoms with Crippen molar-refractivity contribution in [3.05, 3.63) is 52.7 Å². The number of benzene rings is 1. The molecule has 1 aliphatic heterocycles. The molecule has 0 spiro atoms. The van der Waals surface area contributed by atoms with Crippen molar-refractivity contribution in [1.29, 1.82) is 0 Å². The van der Waals surface area contributed by atoms with Crippen LogP contribution in [-0.4, -0.2) is 28.9 Å². The Morgan fingerprint density at radius 2 is 2.04 bits per heavy atom. The van der Waals surface area contributed by atoms with Crippen molar-refractivity contribution in [1.82, 2.24) is 4.98 Å². The minimum absolute atomic E-state index is 0.0729. The predicted molar refractivity (Wildman–Crippen MR) is 104 cm³/mol. The van der Waals surface area contributed by atoms with Gasteiger partial charge in [0.15, 0.2) is 0 Å². The average Bonchev–Trinajstić information content (AvgIpc) is 2.61. The van der Waals surface area contributed by atoms with E-state index in [1.165, 1.54) is 6.20 Å². The lowest BCUT2D eigenvalue weighted by molar-refractivity contribution is -0.119. The van der Waals surface area contributed by atoms with Gasteiger partial charge in [0.1, 0.15) is 5.02 Å². The van der Waals surface area contributed by atoms with Crippen LogP contribution in [0.4, 0.5) is 5.69 Å². The Labute approximate surface area is 163 Å². The normalized spacial score (nSPS) is 18.9. The van der Waals surface area contributed by atoms with Crippen LogP contribution in [0.2, 0.25) is 5.02 Å². The molecule has 0 unspecified atom stereocenters. The van der Waals surface area contributed by atoms with E-state index in [-0.39, 0.29) is 29.0 Å². The van der Waals surface area contributed by atoms with Crippen molar-refractivity contribution in [2.45, 2.75) is 45.3 Å². The first-order valence-electron chi connectivity index (χ1n) is 8.83. The maximum atomic E-state index is 13.2. The number of para-hydroxylation sites is 1. The Morgan fingerprint density at radius 3 is 2.67 bits per heavy atom. The Hall–Kier alpha value is -2.60. The number of primary amides is 1. The Kier molecular flexibility index (Phi) is 5.37. The first kappa shape index (κ1) is 19.2. The van der Waals surface area contributed by atoms with E-state index >= 15 is 0 Å². The fourth-order valence-corrected chi connectivity index (χ4v) is 3.59. The number of ether oxygens (including phenoxy) is 1. The number of anilines is 1. The summed E-state index contributed by atoms with van der Waals surface area (Å²) in [6.45, 7) is 5.65. The molecule has 1 aliphatic rings. The van der Waals surface area contributed by atoms with Crippen molar-refractivity contribution in [2.75, 3.05) is 4.90 Å². The molecule has 6 nitrogen and oxygen atoms in total. The van der Waals surface area contributed by atoms with E-state index in [0.717, 1.165) is 5.56 Å². The highest BCUT2D eigenvalue weighted by Crippen LogP contribution is 2.39. The van der Waals surface area contributed by atoms with E-state index in [9.17, 15) is 9.59 Å². The summed E-state index contributed by atoms with van der Waals surface area (Å²) in [5.41, 5.74) is 7.37. The van der Waals surface area contributed by atoms with Crippen LogP contribution in [0.5, 0.6) is 5.88 Å². The van der Waals surface area contributed by atoms with Gasteiger partial charge in [0.25, 0.3) is 5.91 Å². The molecule has 0 aliphatic carbocycles. The summed E-state index contributed by atoms with van der Waals surface area (Å²) in [5.74, 6) is -0.738. The lowest BCUT2D eigenvalue weighted by Crippen LogP contribution is -2.45. The molecule has 0 saturated heterocycles. The SMILES string of the molecule is CC(C)Oc1ncc(C(=O)N2c3ccccc3[C@H](C(N)=O)C[C@H]2C)cc1Cl. The van der Waals surface area contributed by atoms with E-state index in [2.05, 4.69) is 4.98 Å². The highest BCUT2D eigenvalue weighted by atomic mass is 35.5. The lowest BCUT2D eigenvalue weighted by Gasteiger charge is -2.38. The van der Waals surface area contributed by atoms with Crippen LogP contribution in [0.3, 0.4) is 0 Å². The number of hydrogen-bond acceptors (Lipinski definition) is 4. The number of fused-ring (bicyclic) bond motifs is 1. The number of rotatable bonds is 4. The summed E-state index contributed by atoms with van der Waals surface area (Å²) >= 11 is 6.24. The molecule has 0 saturated carbocycles. The number of nitrogens with zero attached hydrogens (tertiary/aromatic N) is 2. The summed E-state index contributed by atoms with van der Waals surface area (Å²) < 4.78 is 5.52.